The standard InChI is InChI=1S/C20H21N5O2/c1-3-27-20(26)17-12-22-25-18(11-14(2)23-19(17)25)24-10-4-5-16(13-24)15-6-8-21-9-7-15/h5-9,11-12H,3-4,10,13H2,1-2H3. The lowest BCUT2D eigenvalue weighted by Gasteiger charge is -2.29. The van der Waals surface area contributed by atoms with E-state index in [4.69, 9.17) is 4.74 Å². The van der Waals surface area contributed by atoms with Crippen molar-refractivity contribution in [1.82, 2.24) is 19.6 Å². The van der Waals surface area contributed by atoms with Crippen molar-refractivity contribution < 1.29 is 9.53 Å². The number of esters is 1. The highest BCUT2D eigenvalue weighted by Gasteiger charge is 2.22. The Morgan fingerprint density at radius 1 is 1.30 bits per heavy atom. The van der Waals surface area contributed by atoms with Gasteiger partial charge in [-0.2, -0.15) is 9.61 Å². The largest absolute Gasteiger partial charge is 0.462 e. The van der Waals surface area contributed by atoms with Crippen molar-refractivity contribution in [1.29, 1.82) is 0 Å². The third-order valence-electron chi connectivity index (χ3n) is 4.60. The predicted molar refractivity (Wildman–Crippen MR) is 103 cm³/mol. The van der Waals surface area contributed by atoms with E-state index in [-0.39, 0.29) is 0 Å². The Balaban J connectivity index is 1.72. The lowest BCUT2D eigenvalue weighted by molar-refractivity contribution is 0.0528. The van der Waals surface area contributed by atoms with E-state index in [1.807, 2.05) is 37.5 Å². The third kappa shape index (κ3) is 3.28. The van der Waals surface area contributed by atoms with Gasteiger partial charge >= 0.3 is 5.97 Å². The first kappa shape index (κ1) is 17.2. The van der Waals surface area contributed by atoms with Crippen LogP contribution in [0.15, 0.2) is 42.9 Å². The molecule has 0 unspecified atom stereocenters. The van der Waals surface area contributed by atoms with Gasteiger partial charge in [0, 0.05) is 37.2 Å². The van der Waals surface area contributed by atoms with Gasteiger partial charge < -0.3 is 9.64 Å². The molecule has 7 nitrogen and oxygen atoms in total. The number of anilines is 1. The quantitative estimate of drug-likeness (QED) is 0.664. The molecule has 0 saturated carbocycles. The summed E-state index contributed by atoms with van der Waals surface area (Å²) in [6.45, 7) is 5.67. The number of hydrogen-bond donors (Lipinski definition) is 0. The number of hydrogen-bond acceptors (Lipinski definition) is 6. The molecule has 0 atom stereocenters. The van der Waals surface area contributed by atoms with Crippen molar-refractivity contribution in [2.24, 2.45) is 0 Å². The zero-order chi connectivity index (χ0) is 18.8. The fraction of sp³-hybridized carbons (Fsp3) is 0.300. The second-order valence-electron chi connectivity index (χ2n) is 6.45. The van der Waals surface area contributed by atoms with Crippen LogP contribution >= 0.6 is 0 Å². The van der Waals surface area contributed by atoms with E-state index in [0.29, 0.717) is 17.8 Å². The second kappa shape index (κ2) is 7.19. The maximum absolute atomic E-state index is 12.2. The first-order valence-electron chi connectivity index (χ1n) is 9.04. The number of pyridine rings is 1. The molecule has 0 amide bonds. The van der Waals surface area contributed by atoms with Crippen molar-refractivity contribution in [3.8, 4) is 0 Å². The van der Waals surface area contributed by atoms with Gasteiger partial charge in [0.15, 0.2) is 5.65 Å². The van der Waals surface area contributed by atoms with Crippen LogP contribution in [0.5, 0.6) is 0 Å². The first-order chi connectivity index (χ1) is 13.2. The third-order valence-corrected chi connectivity index (χ3v) is 4.60. The molecular weight excluding hydrogens is 342 g/mol. The summed E-state index contributed by atoms with van der Waals surface area (Å²) < 4.78 is 6.86. The number of carbonyl (C=O) groups is 1. The number of nitrogens with zero attached hydrogens (tertiary/aromatic N) is 5. The molecule has 4 heterocycles. The summed E-state index contributed by atoms with van der Waals surface area (Å²) in [6.07, 6.45) is 8.36. The second-order valence-corrected chi connectivity index (χ2v) is 6.45. The van der Waals surface area contributed by atoms with E-state index >= 15 is 0 Å². The van der Waals surface area contributed by atoms with Crippen LogP contribution in [0.3, 0.4) is 0 Å². The highest BCUT2D eigenvalue weighted by atomic mass is 16.5. The number of ether oxygens (including phenoxy) is 1. The maximum Gasteiger partial charge on any atom is 0.343 e. The van der Waals surface area contributed by atoms with Crippen molar-refractivity contribution in [3.63, 3.8) is 0 Å². The van der Waals surface area contributed by atoms with Gasteiger partial charge in [0.05, 0.1) is 12.8 Å². The van der Waals surface area contributed by atoms with Crippen LogP contribution in [0.2, 0.25) is 0 Å². The Morgan fingerprint density at radius 2 is 2.11 bits per heavy atom. The number of fused-ring (bicyclic) bond motifs is 1. The van der Waals surface area contributed by atoms with Crippen LogP contribution in [0, 0.1) is 6.92 Å². The summed E-state index contributed by atoms with van der Waals surface area (Å²) in [4.78, 5) is 23.1. The van der Waals surface area contributed by atoms with E-state index in [2.05, 4.69) is 26.0 Å². The average molecular weight is 363 g/mol. The Morgan fingerprint density at radius 3 is 2.89 bits per heavy atom. The van der Waals surface area contributed by atoms with Crippen molar-refractivity contribution in [3.05, 3.63) is 59.7 Å². The SMILES string of the molecule is CCOC(=O)c1cnn2c(N3CCC=C(c4ccncc4)C3)cc(C)nc12. The van der Waals surface area contributed by atoms with E-state index in [1.165, 1.54) is 17.3 Å². The van der Waals surface area contributed by atoms with Gasteiger partial charge in [0.2, 0.25) is 0 Å². The lowest BCUT2D eigenvalue weighted by Crippen LogP contribution is -2.31. The van der Waals surface area contributed by atoms with E-state index in [9.17, 15) is 4.79 Å². The minimum absolute atomic E-state index is 0.320. The molecule has 0 radical (unpaired) electrons. The maximum atomic E-state index is 12.2. The Kier molecular flexibility index (Phi) is 4.58. The van der Waals surface area contributed by atoms with Gasteiger partial charge in [-0.3, -0.25) is 4.98 Å². The molecule has 0 aliphatic carbocycles. The molecule has 0 fully saturated rings. The zero-order valence-corrected chi connectivity index (χ0v) is 15.4. The van der Waals surface area contributed by atoms with Crippen molar-refractivity contribution in [2.45, 2.75) is 20.3 Å². The molecule has 0 saturated heterocycles. The van der Waals surface area contributed by atoms with Gasteiger partial charge in [-0.25, -0.2) is 9.78 Å². The normalized spacial score (nSPS) is 14.3. The first-order valence-corrected chi connectivity index (χ1v) is 9.04. The molecule has 0 N–H and O–H groups in total. The lowest BCUT2D eigenvalue weighted by atomic mass is 10.0. The van der Waals surface area contributed by atoms with E-state index in [0.717, 1.165) is 31.0 Å². The monoisotopic (exact) mass is 363 g/mol. The van der Waals surface area contributed by atoms with Crippen LogP contribution in [-0.2, 0) is 4.74 Å². The van der Waals surface area contributed by atoms with E-state index in [1.54, 1.807) is 11.4 Å². The Hall–Kier alpha value is -3.22. The number of carbonyl (C=O) groups excluding carboxylic acids is 1. The highest BCUT2D eigenvalue weighted by molar-refractivity contribution is 5.96. The molecular formula is C20H21N5O2. The van der Waals surface area contributed by atoms with E-state index < -0.39 is 5.97 Å². The predicted octanol–water partition coefficient (Wildman–Crippen LogP) is 2.90. The molecule has 3 aromatic rings. The molecule has 0 aromatic carbocycles. The molecule has 3 aromatic heterocycles. The topological polar surface area (TPSA) is 72.6 Å². The van der Waals surface area contributed by atoms with Crippen LogP contribution in [0.1, 0.15) is 35.0 Å². The van der Waals surface area contributed by atoms with Gasteiger partial charge in [-0.15, -0.1) is 0 Å². The van der Waals surface area contributed by atoms with Crippen molar-refractivity contribution in [2.75, 3.05) is 24.6 Å². The molecule has 0 spiro atoms. The molecule has 1 aliphatic rings. The number of rotatable bonds is 4. The zero-order valence-electron chi connectivity index (χ0n) is 15.4. The average Bonchev–Trinajstić information content (AvgIpc) is 3.12. The van der Waals surface area contributed by atoms with Crippen LogP contribution in [0.4, 0.5) is 5.82 Å². The van der Waals surface area contributed by atoms with Gasteiger partial charge in [-0.05, 0) is 43.5 Å². The molecule has 138 valence electrons. The summed E-state index contributed by atoms with van der Waals surface area (Å²) in [5, 5.41) is 4.42. The minimum atomic E-state index is -0.396. The summed E-state index contributed by atoms with van der Waals surface area (Å²) in [5.74, 6) is 0.528. The summed E-state index contributed by atoms with van der Waals surface area (Å²) in [5.41, 5.74) is 4.18. The Bertz CT molecular complexity index is 1010. The Labute approximate surface area is 157 Å². The summed E-state index contributed by atoms with van der Waals surface area (Å²) >= 11 is 0. The van der Waals surface area contributed by atoms with Crippen LogP contribution in [0.25, 0.3) is 11.2 Å². The minimum Gasteiger partial charge on any atom is -0.462 e. The molecule has 4 rings (SSSR count). The van der Waals surface area contributed by atoms with Crippen molar-refractivity contribution >= 4 is 23.0 Å². The van der Waals surface area contributed by atoms with Crippen LogP contribution in [-0.4, -0.2) is 45.2 Å². The fourth-order valence-corrected chi connectivity index (χ4v) is 3.36. The summed E-state index contributed by atoms with van der Waals surface area (Å²) in [7, 11) is 0. The van der Waals surface area contributed by atoms with Gasteiger partial charge in [-0.1, -0.05) is 6.08 Å². The summed E-state index contributed by atoms with van der Waals surface area (Å²) in [6, 6.07) is 6.05. The molecule has 1 aliphatic heterocycles. The van der Waals surface area contributed by atoms with Gasteiger partial charge in [0.1, 0.15) is 11.4 Å². The smallest absolute Gasteiger partial charge is 0.343 e. The fourth-order valence-electron chi connectivity index (χ4n) is 3.36. The highest BCUT2D eigenvalue weighted by Crippen LogP contribution is 2.26. The van der Waals surface area contributed by atoms with Crippen LogP contribution < -0.4 is 4.90 Å². The number of aryl methyl sites for hydroxylation is 1. The van der Waals surface area contributed by atoms with Gasteiger partial charge in [0.25, 0.3) is 0 Å². The molecule has 0 bridgehead atoms. The number of aromatic nitrogens is 4. The molecule has 7 heteroatoms. The molecule has 27 heavy (non-hydrogen) atoms.